The summed E-state index contributed by atoms with van der Waals surface area (Å²) in [5.74, 6) is -0.130. The largest absolute Gasteiger partial charge is 0.289 e. The van der Waals surface area contributed by atoms with Gasteiger partial charge in [-0.2, -0.15) is 0 Å². The van der Waals surface area contributed by atoms with Crippen molar-refractivity contribution in [2.75, 3.05) is 0 Å². The number of fused-ring (bicyclic) bond motifs is 2. The normalized spacial score (nSPS) is 19.7. The van der Waals surface area contributed by atoms with Gasteiger partial charge in [0.05, 0.1) is 4.16 Å². The molecule has 0 bridgehead atoms. The maximum atomic E-state index is 12.7. The first-order chi connectivity index (χ1) is 10.6. The van der Waals surface area contributed by atoms with Crippen LogP contribution >= 0.6 is 27.7 Å². The Balaban J connectivity index is 1.84. The summed E-state index contributed by atoms with van der Waals surface area (Å²) >= 11 is 5.32. The Morgan fingerprint density at radius 3 is 2.18 bits per heavy atom. The molecule has 108 valence electrons. The highest BCUT2D eigenvalue weighted by atomic mass is 79.9. The van der Waals surface area contributed by atoms with Crippen LogP contribution in [0.4, 0.5) is 0 Å². The van der Waals surface area contributed by atoms with Gasteiger partial charge in [0.2, 0.25) is 0 Å². The quantitative estimate of drug-likeness (QED) is 0.584. The van der Waals surface area contributed by atoms with E-state index in [2.05, 4.69) is 22.0 Å². The molecule has 2 aliphatic rings. The first-order valence-electron chi connectivity index (χ1n) is 6.99. The molecule has 1 aliphatic carbocycles. The molecule has 2 nitrogen and oxygen atoms in total. The molecule has 0 fully saturated rings. The summed E-state index contributed by atoms with van der Waals surface area (Å²) in [5, 5.41) is 0. The third kappa shape index (κ3) is 2.09. The van der Waals surface area contributed by atoms with E-state index in [4.69, 9.17) is 0 Å². The van der Waals surface area contributed by atoms with Crippen LogP contribution in [-0.4, -0.2) is 15.7 Å². The van der Waals surface area contributed by atoms with E-state index < -0.39 is 0 Å². The molecule has 2 aromatic carbocycles. The molecule has 0 saturated carbocycles. The molecule has 22 heavy (non-hydrogen) atoms. The van der Waals surface area contributed by atoms with Crippen molar-refractivity contribution in [3.8, 4) is 0 Å². The number of allylic oxidation sites excluding steroid dienone is 1. The Labute approximate surface area is 140 Å². The van der Waals surface area contributed by atoms with Crippen molar-refractivity contribution in [3.63, 3.8) is 0 Å². The Morgan fingerprint density at radius 2 is 1.55 bits per heavy atom. The number of thioether (sulfide) groups is 1. The monoisotopic (exact) mass is 370 g/mol. The summed E-state index contributed by atoms with van der Waals surface area (Å²) < 4.78 is 0.386. The van der Waals surface area contributed by atoms with E-state index in [9.17, 15) is 9.59 Å². The zero-order valence-electron chi connectivity index (χ0n) is 11.5. The zero-order chi connectivity index (χ0) is 15.3. The van der Waals surface area contributed by atoms with Crippen molar-refractivity contribution >= 4 is 44.2 Å². The summed E-state index contributed by atoms with van der Waals surface area (Å²) in [4.78, 5) is 26.4. The number of hydrogen-bond acceptors (Lipinski definition) is 3. The van der Waals surface area contributed by atoms with Gasteiger partial charge in [0.25, 0.3) is 0 Å². The predicted octanol–water partition coefficient (Wildman–Crippen LogP) is 4.66. The molecule has 1 aliphatic heterocycles. The van der Waals surface area contributed by atoms with E-state index in [1.54, 1.807) is 42.1 Å². The average Bonchev–Trinajstić information content (AvgIpc) is 2.99. The van der Waals surface area contributed by atoms with Crippen LogP contribution in [0.3, 0.4) is 0 Å². The molecule has 1 atom stereocenters. The molecule has 1 heterocycles. The molecular weight excluding hydrogens is 360 g/mol. The lowest BCUT2D eigenvalue weighted by atomic mass is 9.83. The third-order valence-corrected chi connectivity index (χ3v) is 5.99. The second-order valence-electron chi connectivity index (χ2n) is 5.30. The van der Waals surface area contributed by atoms with Gasteiger partial charge >= 0.3 is 0 Å². The zero-order valence-corrected chi connectivity index (χ0v) is 13.9. The van der Waals surface area contributed by atoms with Gasteiger partial charge in [0, 0.05) is 27.2 Å². The molecule has 0 aromatic heterocycles. The number of benzene rings is 2. The first kappa shape index (κ1) is 14.0. The molecule has 4 heteroatoms. The van der Waals surface area contributed by atoms with Gasteiger partial charge in [-0.1, -0.05) is 52.3 Å². The molecule has 0 N–H and O–H groups in total. The molecule has 4 rings (SSSR count). The highest BCUT2D eigenvalue weighted by molar-refractivity contribution is 9.11. The number of hydrogen-bond donors (Lipinski definition) is 0. The Kier molecular flexibility index (Phi) is 3.31. The molecule has 0 saturated heterocycles. The van der Waals surface area contributed by atoms with Gasteiger partial charge in [0.15, 0.2) is 11.6 Å². The Hall–Kier alpha value is -1.65. The number of alkyl halides is 1. The average molecular weight is 371 g/mol. The number of carbonyl (C=O) groups is 2. The lowest BCUT2D eigenvalue weighted by Crippen LogP contribution is -2.20. The van der Waals surface area contributed by atoms with Crippen molar-refractivity contribution in [3.05, 3.63) is 76.4 Å². The van der Waals surface area contributed by atoms with E-state index in [0.29, 0.717) is 26.4 Å². The fraction of sp³-hybridized carbons (Fsp3) is 0.111. The van der Waals surface area contributed by atoms with E-state index in [-0.39, 0.29) is 11.6 Å². The second-order valence-corrected chi connectivity index (χ2v) is 8.25. The minimum atomic E-state index is -0.0665. The Bertz CT molecular complexity index is 854. The minimum absolute atomic E-state index is 0.0639. The van der Waals surface area contributed by atoms with Crippen LogP contribution in [0.5, 0.6) is 0 Å². The Morgan fingerprint density at radius 1 is 0.909 bits per heavy atom. The minimum Gasteiger partial charge on any atom is -0.289 e. The van der Waals surface area contributed by atoms with Crippen LogP contribution in [0.25, 0.3) is 4.91 Å². The molecule has 2 aromatic rings. The van der Waals surface area contributed by atoms with E-state index in [0.717, 1.165) is 16.9 Å². The maximum absolute atomic E-state index is 12.7. The van der Waals surface area contributed by atoms with Crippen LogP contribution in [0.1, 0.15) is 43.8 Å². The van der Waals surface area contributed by atoms with Gasteiger partial charge in [-0.05, 0) is 24.1 Å². The van der Waals surface area contributed by atoms with Crippen LogP contribution < -0.4 is 0 Å². The number of rotatable bonds is 1. The van der Waals surface area contributed by atoms with Crippen molar-refractivity contribution in [2.45, 2.75) is 10.6 Å². The molecule has 0 spiro atoms. The van der Waals surface area contributed by atoms with Gasteiger partial charge in [0.1, 0.15) is 0 Å². The van der Waals surface area contributed by atoms with Crippen LogP contribution in [0.2, 0.25) is 0 Å². The standard InChI is InChI=1S/C18H11BrO2S/c19-16-8-7-15(22-16)10-5-6-13-14(9-10)18(21)12-4-2-1-3-11(12)17(13)20/h1-7,9,16H,8H2. The molecular formula is C18H11BrO2S. The smallest absolute Gasteiger partial charge is 0.194 e. The summed E-state index contributed by atoms with van der Waals surface area (Å²) in [6.45, 7) is 0. The predicted molar refractivity (Wildman–Crippen MR) is 92.6 cm³/mol. The molecule has 1 unspecified atom stereocenters. The van der Waals surface area contributed by atoms with Crippen molar-refractivity contribution < 1.29 is 9.59 Å². The molecule has 0 amide bonds. The fourth-order valence-corrected chi connectivity index (χ4v) is 4.59. The van der Waals surface area contributed by atoms with Gasteiger partial charge in [-0.15, -0.1) is 11.8 Å². The van der Waals surface area contributed by atoms with Gasteiger partial charge in [-0.3, -0.25) is 9.59 Å². The van der Waals surface area contributed by atoms with Crippen molar-refractivity contribution in [1.29, 1.82) is 0 Å². The molecule has 0 radical (unpaired) electrons. The first-order valence-corrected chi connectivity index (χ1v) is 8.78. The number of halogens is 1. The van der Waals surface area contributed by atoms with Crippen LogP contribution in [-0.2, 0) is 0 Å². The fourth-order valence-electron chi connectivity index (χ4n) is 2.87. The van der Waals surface area contributed by atoms with Crippen LogP contribution in [0.15, 0.2) is 48.5 Å². The topological polar surface area (TPSA) is 34.1 Å². The lowest BCUT2D eigenvalue weighted by molar-refractivity contribution is 0.0979. The van der Waals surface area contributed by atoms with Crippen molar-refractivity contribution in [2.24, 2.45) is 0 Å². The second kappa shape index (κ2) is 5.21. The van der Waals surface area contributed by atoms with E-state index in [1.165, 1.54) is 0 Å². The van der Waals surface area contributed by atoms with Crippen molar-refractivity contribution in [1.82, 2.24) is 0 Å². The summed E-state index contributed by atoms with van der Waals surface area (Å²) in [6, 6.07) is 12.6. The maximum Gasteiger partial charge on any atom is 0.194 e. The summed E-state index contributed by atoms with van der Waals surface area (Å²) in [7, 11) is 0. The van der Waals surface area contributed by atoms with E-state index in [1.807, 2.05) is 12.1 Å². The van der Waals surface area contributed by atoms with E-state index >= 15 is 0 Å². The third-order valence-electron chi connectivity index (χ3n) is 3.95. The SMILES string of the molecule is O=C1c2ccccc2C(=O)c2cc(C3=CCC(Br)S3)ccc21. The number of carbonyl (C=O) groups excluding carboxylic acids is 2. The summed E-state index contributed by atoms with van der Waals surface area (Å²) in [5.41, 5.74) is 3.03. The highest BCUT2D eigenvalue weighted by Gasteiger charge is 2.30. The lowest BCUT2D eigenvalue weighted by Gasteiger charge is -2.18. The van der Waals surface area contributed by atoms with Gasteiger partial charge in [-0.25, -0.2) is 0 Å². The van der Waals surface area contributed by atoms with Gasteiger partial charge < -0.3 is 0 Å². The highest BCUT2D eigenvalue weighted by Crippen LogP contribution is 2.42. The summed E-state index contributed by atoms with van der Waals surface area (Å²) in [6.07, 6.45) is 3.13. The van der Waals surface area contributed by atoms with Crippen LogP contribution in [0, 0.1) is 0 Å². The number of ketones is 2.